The van der Waals surface area contributed by atoms with Gasteiger partial charge in [0.15, 0.2) is 0 Å². The second kappa shape index (κ2) is 5.85. The first-order chi connectivity index (χ1) is 8.98. The van der Waals surface area contributed by atoms with Crippen molar-refractivity contribution >= 4 is 21.6 Å². The largest absolute Gasteiger partial charge is 0.464 e. The van der Waals surface area contributed by atoms with Crippen molar-refractivity contribution in [2.75, 3.05) is 13.1 Å². The number of hydrogen-bond acceptors (Lipinski definition) is 3. The fourth-order valence-electron chi connectivity index (χ4n) is 2.64. The average molecular weight is 306 g/mol. The van der Waals surface area contributed by atoms with Gasteiger partial charge >= 0.3 is 0 Å². The molecule has 0 N–H and O–H groups in total. The highest BCUT2D eigenvalue weighted by molar-refractivity contribution is 7.89. The number of furan rings is 1. The standard InChI is InChI=1S/C13H20ClNO3S/c1-3-4-11-5-6-15(9-11)19(16,17)13-7-12(8-14)18-10(13)2/h7,11H,3-6,8-9H2,1-2H3. The lowest BCUT2D eigenvalue weighted by atomic mass is 10.0. The third-order valence-corrected chi connectivity index (χ3v) is 5.85. The van der Waals surface area contributed by atoms with Gasteiger partial charge in [-0.15, -0.1) is 11.6 Å². The Morgan fingerprint density at radius 3 is 2.84 bits per heavy atom. The van der Waals surface area contributed by atoms with Crippen molar-refractivity contribution in [1.82, 2.24) is 4.31 Å². The fraction of sp³-hybridized carbons (Fsp3) is 0.692. The predicted molar refractivity (Wildman–Crippen MR) is 74.8 cm³/mol. The van der Waals surface area contributed by atoms with Crippen molar-refractivity contribution < 1.29 is 12.8 Å². The molecule has 108 valence electrons. The summed E-state index contributed by atoms with van der Waals surface area (Å²) in [6.07, 6.45) is 3.13. The van der Waals surface area contributed by atoms with Crippen LogP contribution in [0, 0.1) is 12.8 Å². The maximum atomic E-state index is 12.6. The molecule has 1 aliphatic rings. The quantitative estimate of drug-likeness (QED) is 0.785. The minimum Gasteiger partial charge on any atom is -0.464 e. The van der Waals surface area contributed by atoms with Crippen LogP contribution in [0.25, 0.3) is 0 Å². The first kappa shape index (κ1) is 14.9. The number of alkyl halides is 1. The van der Waals surface area contributed by atoms with Gasteiger partial charge in [-0.05, 0) is 25.7 Å². The molecule has 2 rings (SSSR count). The summed E-state index contributed by atoms with van der Waals surface area (Å²) in [5.41, 5.74) is 0. The van der Waals surface area contributed by atoms with Crippen molar-refractivity contribution in [3.05, 3.63) is 17.6 Å². The van der Waals surface area contributed by atoms with Crippen LogP contribution in [0.1, 0.15) is 37.7 Å². The molecule has 0 bridgehead atoms. The van der Waals surface area contributed by atoms with E-state index in [4.69, 9.17) is 16.0 Å². The molecule has 1 atom stereocenters. The van der Waals surface area contributed by atoms with E-state index in [2.05, 4.69) is 6.92 Å². The molecule has 19 heavy (non-hydrogen) atoms. The second-order valence-electron chi connectivity index (χ2n) is 5.07. The van der Waals surface area contributed by atoms with Gasteiger partial charge in [-0.3, -0.25) is 0 Å². The molecule has 1 fully saturated rings. The predicted octanol–water partition coefficient (Wildman–Crippen LogP) is 3.14. The Kier molecular flexibility index (Phi) is 4.58. The van der Waals surface area contributed by atoms with Gasteiger partial charge in [0.25, 0.3) is 0 Å². The van der Waals surface area contributed by atoms with Crippen LogP contribution in [0.2, 0.25) is 0 Å². The molecular weight excluding hydrogens is 286 g/mol. The zero-order valence-corrected chi connectivity index (χ0v) is 12.9. The third kappa shape index (κ3) is 2.98. The summed E-state index contributed by atoms with van der Waals surface area (Å²) < 4.78 is 32.0. The summed E-state index contributed by atoms with van der Waals surface area (Å²) >= 11 is 5.68. The summed E-state index contributed by atoms with van der Waals surface area (Å²) in [7, 11) is -3.43. The highest BCUT2D eigenvalue weighted by Gasteiger charge is 2.34. The lowest BCUT2D eigenvalue weighted by Gasteiger charge is -2.15. The maximum absolute atomic E-state index is 12.6. The second-order valence-corrected chi connectivity index (χ2v) is 7.25. The average Bonchev–Trinajstić information content (AvgIpc) is 2.96. The van der Waals surface area contributed by atoms with Gasteiger partial charge in [-0.1, -0.05) is 13.3 Å². The van der Waals surface area contributed by atoms with Crippen LogP contribution in [-0.2, 0) is 15.9 Å². The molecule has 0 aromatic carbocycles. The van der Waals surface area contributed by atoms with Crippen molar-refractivity contribution in [1.29, 1.82) is 0 Å². The van der Waals surface area contributed by atoms with E-state index in [0.717, 1.165) is 19.3 Å². The molecule has 2 heterocycles. The monoisotopic (exact) mass is 305 g/mol. The van der Waals surface area contributed by atoms with Crippen LogP contribution in [-0.4, -0.2) is 25.8 Å². The van der Waals surface area contributed by atoms with Gasteiger partial charge in [0.1, 0.15) is 16.4 Å². The number of nitrogens with zero attached hydrogens (tertiary/aromatic N) is 1. The molecule has 1 saturated heterocycles. The summed E-state index contributed by atoms with van der Waals surface area (Å²) in [5, 5.41) is 0. The van der Waals surface area contributed by atoms with Crippen LogP contribution >= 0.6 is 11.6 Å². The Labute approximate surface area is 119 Å². The summed E-state index contributed by atoms with van der Waals surface area (Å²) in [5.74, 6) is 1.60. The Hall–Kier alpha value is -0.520. The summed E-state index contributed by atoms with van der Waals surface area (Å²) in [6.45, 7) is 5.03. The van der Waals surface area contributed by atoms with Gasteiger partial charge in [0, 0.05) is 19.2 Å². The van der Waals surface area contributed by atoms with E-state index in [0.29, 0.717) is 30.5 Å². The van der Waals surface area contributed by atoms with Crippen LogP contribution in [0.3, 0.4) is 0 Å². The molecule has 1 aromatic heterocycles. The van der Waals surface area contributed by atoms with E-state index in [9.17, 15) is 8.42 Å². The van der Waals surface area contributed by atoms with Gasteiger partial charge in [0.05, 0.1) is 5.88 Å². The van der Waals surface area contributed by atoms with Crippen molar-refractivity contribution in [3.63, 3.8) is 0 Å². The van der Waals surface area contributed by atoms with Gasteiger partial charge in [0.2, 0.25) is 10.0 Å². The van der Waals surface area contributed by atoms with Crippen molar-refractivity contribution in [2.24, 2.45) is 5.92 Å². The zero-order chi connectivity index (χ0) is 14.0. The fourth-order valence-corrected chi connectivity index (χ4v) is 4.49. The van der Waals surface area contributed by atoms with Crippen LogP contribution in [0.4, 0.5) is 0 Å². The Bertz CT molecular complexity index is 538. The molecular formula is C13H20ClNO3S. The van der Waals surface area contributed by atoms with Crippen molar-refractivity contribution in [2.45, 2.75) is 43.9 Å². The zero-order valence-electron chi connectivity index (χ0n) is 11.4. The molecule has 0 amide bonds. The SMILES string of the molecule is CCCC1CCN(S(=O)(=O)c2cc(CCl)oc2C)C1. The molecule has 0 spiro atoms. The van der Waals surface area contributed by atoms with Gasteiger partial charge < -0.3 is 4.42 Å². The molecule has 1 aromatic rings. The summed E-state index contributed by atoms with van der Waals surface area (Å²) in [6, 6.07) is 1.55. The van der Waals surface area contributed by atoms with E-state index in [1.54, 1.807) is 17.3 Å². The number of sulfonamides is 1. The molecule has 4 nitrogen and oxygen atoms in total. The number of hydrogen-bond donors (Lipinski definition) is 0. The van der Waals surface area contributed by atoms with Crippen LogP contribution in [0.15, 0.2) is 15.4 Å². The third-order valence-electron chi connectivity index (χ3n) is 3.62. The maximum Gasteiger partial charge on any atom is 0.246 e. The first-order valence-electron chi connectivity index (χ1n) is 6.64. The van der Waals surface area contributed by atoms with E-state index in [1.165, 1.54) is 0 Å². The smallest absolute Gasteiger partial charge is 0.246 e. The van der Waals surface area contributed by atoms with Crippen LogP contribution < -0.4 is 0 Å². The lowest BCUT2D eigenvalue weighted by molar-refractivity contribution is 0.441. The van der Waals surface area contributed by atoms with Crippen LogP contribution in [0.5, 0.6) is 0 Å². The summed E-state index contributed by atoms with van der Waals surface area (Å²) in [4.78, 5) is 0.264. The van der Waals surface area contributed by atoms with E-state index < -0.39 is 10.0 Å². The molecule has 1 aliphatic heterocycles. The van der Waals surface area contributed by atoms with Gasteiger partial charge in [-0.2, -0.15) is 4.31 Å². The highest BCUT2D eigenvalue weighted by atomic mass is 35.5. The molecule has 6 heteroatoms. The molecule has 0 radical (unpaired) electrons. The Morgan fingerprint density at radius 2 is 2.26 bits per heavy atom. The lowest BCUT2D eigenvalue weighted by Crippen LogP contribution is -2.29. The Balaban J connectivity index is 2.21. The van der Waals surface area contributed by atoms with E-state index >= 15 is 0 Å². The topological polar surface area (TPSA) is 50.5 Å². The molecule has 0 aliphatic carbocycles. The number of aryl methyl sites for hydroxylation is 1. The number of rotatable bonds is 5. The minimum absolute atomic E-state index is 0.189. The first-order valence-corrected chi connectivity index (χ1v) is 8.62. The highest BCUT2D eigenvalue weighted by Crippen LogP contribution is 2.30. The normalized spacial score (nSPS) is 21.1. The van der Waals surface area contributed by atoms with E-state index in [-0.39, 0.29) is 10.8 Å². The van der Waals surface area contributed by atoms with Gasteiger partial charge in [-0.25, -0.2) is 8.42 Å². The van der Waals surface area contributed by atoms with Crippen molar-refractivity contribution in [3.8, 4) is 0 Å². The minimum atomic E-state index is -3.43. The molecule has 0 saturated carbocycles. The Morgan fingerprint density at radius 1 is 1.53 bits per heavy atom. The van der Waals surface area contributed by atoms with E-state index in [1.807, 2.05) is 0 Å². The number of halogens is 1. The molecule has 1 unspecified atom stereocenters.